The van der Waals surface area contributed by atoms with Crippen LogP contribution in [0.2, 0.25) is 0 Å². The number of hydrogen-bond donors (Lipinski definition) is 0. The van der Waals surface area contributed by atoms with Crippen LogP contribution >= 0.6 is 0 Å². The van der Waals surface area contributed by atoms with Crippen molar-refractivity contribution in [3.63, 3.8) is 0 Å². The topological polar surface area (TPSA) is 12.9 Å². The van der Waals surface area contributed by atoms with Crippen LogP contribution in [0.1, 0.15) is 41.6 Å². The lowest BCUT2D eigenvalue weighted by Gasteiger charge is -2.12. The molecule has 0 unspecified atom stereocenters. The van der Waals surface area contributed by atoms with E-state index in [2.05, 4.69) is 32.0 Å². The van der Waals surface area contributed by atoms with E-state index >= 15 is 0 Å². The van der Waals surface area contributed by atoms with Gasteiger partial charge in [0, 0.05) is 11.1 Å². The molecule has 1 heterocycles. The normalized spacial score (nSPS) is 15.6. The lowest BCUT2D eigenvalue weighted by atomic mass is 9.97. The molecule has 17 heavy (non-hydrogen) atoms. The van der Waals surface area contributed by atoms with E-state index in [0.717, 1.165) is 0 Å². The van der Waals surface area contributed by atoms with E-state index in [1.165, 1.54) is 65.4 Å². The molecule has 1 aromatic carbocycles. The molecular weight excluding hydrogens is 206 g/mol. The second-order valence-electron chi connectivity index (χ2n) is 5.24. The molecule has 1 aliphatic carbocycles. The monoisotopic (exact) mass is 225 g/mol. The molecule has 0 saturated carbocycles. The first-order valence-electron chi connectivity index (χ1n) is 6.64. The third kappa shape index (κ3) is 1.84. The summed E-state index contributed by atoms with van der Waals surface area (Å²) in [7, 11) is 0. The van der Waals surface area contributed by atoms with E-state index in [1.807, 2.05) is 0 Å². The van der Waals surface area contributed by atoms with Crippen molar-refractivity contribution in [2.45, 2.75) is 46.0 Å². The number of aryl methyl sites for hydroxylation is 3. The average Bonchev–Trinajstić information content (AvgIpc) is 2.56. The zero-order valence-corrected chi connectivity index (χ0v) is 10.7. The summed E-state index contributed by atoms with van der Waals surface area (Å²) in [6, 6.07) is 6.61. The van der Waals surface area contributed by atoms with E-state index in [1.54, 1.807) is 0 Å². The summed E-state index contributed by atoms with van der Waals surface area (Å²) < 4.78 is 0. The molecule has 0 radical (unpaired) electrons. The second kappa shape index (κ2) is 4.14. The molecule has 3 rings (SSSR count). The average molecular weight is 225 g/mol. The van der Waals surface area contributed by atoms with E-state index in [0.29, 0.717) is 0 Å². The predicted molar refractivity (Wildman–Crippen MR) is 72.5 cm³/mol. The van der Waals surface area contributed by atoms with Gasteiger partial charge in [-0.1, -0.05) is 18.1 Å². The van der Waals surface area contributed by atoms with Crippen molar-refractivity contribution in [3.05, 3.63) is 40.6 Å². The van der Waals surface area contributed by atoms with Crippen molar-refractivity contribution >= 4 is 10.9 Å². The molecule has 0 aliphatic heterocycles. The van der Waals surface area contributed by atoms with Gasteiger partial charge in [-0.15, -0.1) is 0 Å². The van der Waals surface area contributed by atoms with E-state index < -0.39 is 0 Å². The standard InChI is InChI=1S/C16H19N/c1-11-8-9-16-14(10-11)12(2)13-6-4-3-5-7-15(13)17-16/h8-10H,3-7H2,1-2H3. The number of aromatic nitrogens is 1. The molecule has 1 aliphatic rings. The first-order valence-corrected chi connectivity index (χ1v) is 6.64. The number of nitrogens with zero attached hydrogens (tertiary/aromatic N) is 1. The highest BCUT2D eigenvalue weighted by Gasteiger charge is 2.14. The maximum Gasteiger partial charge on any atom is 0.0708 e. The van der Waals surface area contributed by atoms with Gasteiger partial charge in [0.1, 0.15) is 0 Å². The minimum Gasteiger partial charge on any atom is -0.253 e. The zero-order chi connectivity index (χ0) is 11.8. The summed E-state index contributed by atoms with van der Waals surface area (Å²) in [5.41, 5.74) is 6.86. The Morgan fingerprint density at radius 1 is 1.00 bits per heavy atom. The molecule has 0 fully saturated rings. The SMILES string of the molecule is Cc1ccc2nc3c(c(C)c2c1)CCCCC3. The van der Waals surface area contributed by atoms with Crippen LogP contribution in [0.5, 0.6) is 0 Å². The zero-order valence-electron chi connectivity index (χ0n) is 10.7. The van der Waals surface area contributed by atoms with Gasteiger partial charge in [-0.3, -0.25) is 4.98 Å². The smallest absolute Gasteiger partial charge is 0.0708 e. The number of benzene rings is 1. The summed E-state index contributed by atoms with van der Waals surface area (Å²) in [5.74, 6) is 0. The lowest BCUT2D eigenvalue weighted by molar-refractivity contribution is 0.708. The van der Waals surface area contributed by atoms with Crippen molar-refractivity contribution < 1.29 is 0 Å². The summed E-state index contributed by atoms with van der Waals surface area (Å²) in [6.07, 6.45) is 6.37. The lowest BCUT2D eigenvalue weighted by Crippen LogP contribution is -2.00. The molecule has 0 N–H and O–H groups in total. The third-order valence-electron chi connectivity index (χ3n) is 3.95. The quantitative estimate of drug-likeness (QED) is 0.615. The fourth-order valence-electron chi connectivity index (χ4n) is 2.95. The summed E-state index contributed by atoms with van der Waals surface area (Å²) in [5, 5.41) is 1.35. The molecule has 88 valence electrons. The van der Waals surface area contributed by atoms with Crippen molar-refractivity contribution in [1.29, 1.82) is 0 Å². The van der Waals surface area contributed by atoms with E-state index in [-0.39, 0.29) is 0 Å². The number of rotatable bonds is 0. The molecule has 1 nitrogen and oxygen atoms in total. The largest absolute Gasteiger partial charge is 0.253 e. The van der Waals surface area contributed by atoms with Gasteiger partial charge >= 0.3 is 0 Å². The van der Waals surface area contributed by atoms with Crippen molar-refractivity contribution in [1.82, 2.24) is 4.98 Å². The van der Waals surface area contributed by atoms with Crippen molar-refractivity contribution in [2.24, 2.45) is 0 Å². The highest BCUT2D eigenvalue weighted by molar-refractivity contribution is 5.84. The van der Waals surface area contributed by atoms with Gasteiger partial charge in [-0.25, -0.2) is 0 Å². The van der Waals surface area contributed by atoms with Crippen LogP contribution < -0.4 is 0 Å². The van der Waals surface area contributed by atoms with E-state index in [9.17, 15) is 0 Å². The molecule has 0 atom stereocenters. The maximum atomic E-state index is 4.88. The molecular formula is C16H19N. The van der Waals surface area contributed by atoms with Crippen LogP contribution in [0.25, 0.3) is 10.9 Å². The minimum atomic E-state index is 1.17. The molecule has 2 aromatic rings. The fourth-order valence-corrected chi connectivity index (χ4v) is 2.95. The van der Waals surface area contributed by atoms with Crippen LogP contribution in [0, 0.1) is 13.8 Å². The van der Waals surface area contributed by atoms with Crippen LogP contribution in [0.4, 0.5) is 0 Å². The van der Waals surface area contributed by atoms with Gasteiger partial charge in [-0.05, 0) is 62.8 Å². The Hall–Kier alpha value is -1.37. The molecule has 1 heteroatoms. The Morgan fingerprint density at radius 2 is 1.82 bits per heavy atom. The van der Waals surface area contributed by atoms with Crippen LogP contribution in [-0.2, 0) is 12.8 Å². The van der Waals surface area contributed by atoms with Crippen LogP contribution in [-0.4, -0.2) is 4.98 Å². The Labute approximate surface area is 103 Å². The fraction of sp³-hybridized carbons (Fsp3) is 0.438. The highest BCUT2D eigenvalue weighted by Crippen LogP contribution is 2.28. The Bertz CT molecular complexity index is 569. The molecule has 0 spiro atoms. The van der Waals surface area contributed by atoms with Gasteiger partial charge in [-0.2, -0.15) is 0 Å². The third-order valence-corrected chi connectivity index (χ3v) is 3.95. The first-order chi connectivity index (χ1) is 8.25. The second-order valence-corrected chi connectivity index (χ2v) is 5.24. The van der Waals surface area contributed by atoms with Gasteiger partial charge in [0.15, 0.2) is 0 Å². The van der Waals surface area contributed by atoms with Gasteiger partial charge < -0.3 is 0 Å². The Kier molecular flexibility index (Phi) is 2.62. The van der Waals surface area contributed by atoms with Crippen LogP contribution in [0.3, 0.4) is 0 Å². The Morgan fingerprint density at radius 3 is 2.71 bits per heavy atom. The van der Waals surface area contributed by atoms with Gasteiger partial charge in [0.25, 0.3) is 0 Å². The molecule has 0 amide bonds. The van der Waals surface area contributed by atoms with Gasteiger partial charge in [0.2, 0.25) is 0 Å². The minimum absolute atomic E-state index is 1.17. The molecule has 0 bridgehead atoms. The van der Waals surface area contributed by atoms with Gasteiger partial charge in [0.05, 0.1) is 5.52 Å². The summed E-state index contributed by atoms with van der Waals surface area (Å²) >= 11 is 0. The maximum absolute atomic E-state index is 4.88. The van der Waals surface area contributed by atoms with Crippen LogP contribution in [0.15, 0.2) is 18.2 Å². The number of hydrogen-bond acceptors (Lipinski definition) is 1. The highest BCUT2D eigenvalue weighted by atomic mass is 14.7. The first kappa shape index (κ1) is 10.8. The van der Waals surface area contributed by atoms with Crippen molar-refractivity contribution in [2.75, 3.05) is 0 Å². The molecule has 0 saturated heterocycles. The molecule has 1 aromatic heterocycles. The summed E-state index contributed by atoms with van der Waals surface area (Å²) in [6.45, 7) is 4.43. The summed E-state index contributed by atoms with van der Waals surface area (Å²) in [4.78, 5) is 4.88. The number of pyridine rings is 1. The Balaban J connectivity index is 2.29. The number of fused-ring (bicyclic) bond motifs is 2. The van der Waals surface area contributed by atoms with E-state index in [4.69, 9.17) is 4.98 Å². The van der Waals surface area contributed by atoms with Crippen molar-refractivity contribution in [3.8, 4) is 0 Å². The predicted octanol–water partition coefficient (Wildman–Crippen LogP) is 4.12.